The van der Waals surface area contributed by atoms with Crippen LogP contribution in [0.2, 0.25) is 0 Å². The summed E-state index contributed by atoms with van der Waals surface area (Å²) in [4.78, 5) is 8.46. The van der Waals surface area contributed by atoms with Crippen LogP contribution in [-0.4, -0.2) is 24.5 Å². The molecule has 1 unspecified atom stereocenters. The van der Waals surface area contributed by atoms with E-state index >= 15 is 0 Å². The summed E-state index contributed by atoms with van der Waals surface area (Å²) >= 11 is 5.21. The van der Waals surface area contributed by atoms with Crippen molar-refractivity contribution in [3.63, 3.8) is 0 Å². The lowest BCUT2D eigenvalue weighted by Crippen LogP contribution is -2.25. The molecule has 1 aliphatic rings. The summed E-state index contributed by atoms with van der Waals surface area (Å²) in [7, 11) is -4.29. The first-order valence-corrected chi connectivity index (χ1v) is 11.8. The smallest absolute Gasteiger partial charge is 0.273 e. The zero-order chi connectivity index (χ0) is 19.7. The number of anilines is 2. The molecule has 0 bridgehead atoms. The van der Waals surface area contributed by atoms with Crippen molar-refractivity contribution in [3.8, 4) is 0 Å². The second-order valence-electron chi connectivity index (χ2n) is 6.38. The third kappa shape index (κ3) is 3.96. The zero-order valence-electron chi connectivity index (χ0n) is 14.7. The van der Waals surface area contributed by atoms with Gasteiger partial charge in [0.2, 0.25) is 0 Å². The molecule has 144 valence electrons. The lowest BCUT2D eigenvalue weighted by Gasteiger charge is -2.33. The van der Waals surface area contributed by atoms with Gasteiger partial charge < -0.3 is 4.90 Å². The average Bonchev–Trinajstić information content (AvgIpc) is 2.67. The fraction of sp³-hybridized carbons (Fsp3) is 0.150. The summed E-state index contributed by atoms with van der Waals surface area (Å²) in [6, 6.07) is 19.2. The highest BCUT2D eigenvalue weighted by Crippen LogP contribution is 2.49. The Kier molecular flexibility index (Phi) is 5.46. The fourth-order valence-corrected chi connectivity index (χ4v) is 5.58. The lowest BCUT2D eigenvalue weighted by atomic mass is 10.1. The van der Waals surface area contributed by atoms with E-state index in [-0.39, 0.29) is 6.42 Å². The van der Waals surface area contributed by atoms with Gasteiger partial charge >= 0.3 is 0 Å². The predicted octanol–water partition coefficient (Wildman–Crippen LogP) is 5.47. The molecule has 4 rings (SSSR count). The van der Waals surface area contributed by atoms with Crippen LogP contribution >= 0.6 is 27.7 Å². The Morgan fingerprint density at radius 1 is 1.04 bits per heavy atom. The Morgan fingerprint density at radius 2 is 1.79 bits per heavy atom. The molecule has 1 atom stereocenters. The first-order valence-electron chi connectivity index (χ1n) is 8.65. The largest absolute Gasteiger partial charge is 0.340 e. The van der Waals surface area contributed by atoms with Gasteiger partial charge in [-0.25, -0.2) is 0 Å². The van der Waals surface area contributed by atoms with Crippen LogP contribution in [0.1, 0.15) is 17.4 Å². The molecule has 1 aliphatic heterocycles. The maximum Gasteiger partial charge on any atom is 0.273 e. The first-order chi connectivity index (χ1) is 13.4. The Balaban J connectivity index is 1.70. The van der Waals surface area contributed by atoms with Crippen LogP contribution in [0.5, 0.6) is 0 Å². The molecular formula is C20H17BrN2O3S2. The number of hydrogen-bond acceptors (Lipinski definition) is 5. The second-order valence-corrected chi connectivity index (χ2v) is 9.98. The van der Waals surface area contributed by atoms with Gasteiger partial charge in [0.1, 0.15) is 5.25 Å². The minimum absolute atomic E-state index is 0.209. The van der Waals surface area contributed by atoms with Crippen molar-refractivity contribution in [3.05, 3.63) is 77.0 Å². The Morgan fingerprint density at radius 3 is 2.54 bits per heavy atom. The van der Waals surface area contributed by atoms with E-state index in [0.29, 0.717) is 12.2 Å². The molecule has 0 saturated carbocycles. The van der Waals surface area contributed by atoms with Gasteiger partial charge in [0.25, 0.3) is 10.1 Å². The number of para-hydroxylation sites is 1. The Bertz CT molecular complexity index is 1110. The quantitative estimate of drug-likeness (QED) is 0.492. The molecule has 3 aromatic rings. The highest BCUT2D eigenvalue weighted by molar-refractivity contribution is 9.10. The molecule has 0 spiro atoms. The number of fused-ring (bicyclic) bond motifs is 2. The van der Waals surface area contributed by atoms with E-state index in [4.69, 9.17) is 0 Å². The summed E-state index contributed by atoms with van der Waals surface area (Å²) in [6.07, 6.45) is 1.74. The second kappa shape index (κ2) is 7.87. The van der Waals surface area contributed by atoms with Crippen molar-refractivity contribution in [1.82, 2.24) is 4.98 Å². The number of benzene rings is 2. The van der Waals surface area contributed by atoms with Gasteiger partial charge in [0.05, 0.1) is 17.1 Å². The molecule has 0 radical (unpaired) electrons. The maximum atomic E-state index is 12.0. The van der Waals surface area contributed by atoms with E-state index in [1.54, 1.807) is 30.0 Å². The monoisotopic (exact) mass is 476 g/mol. The molecule has 28 heavy (non-hydrogen) atoms. The van der Waals surface area contributed by atoms with Gasteiger partial charge in [0.15, 0.2) is 0 Å². The van der Waals surface area contributed by atoms with Crippen molar-refractivity contribution < 1.29 is 13.0 Å². The van der Waals surface area contributed by atoms with E-state index < -0.39 is 15.4 Å². The summed E-state index contributed by atoms with van der Waals surface area (Å²) < 4.78 is 34.8. The van der Waals surface area contributed by atoms with Crippen LogP contribution in [0.25, 0.3) is 0 Å². The number of nitrogens with zero attached hydrogens (tertiary/aromatic N) is 2. The summed E-state index contributed by atoms with van der Waals surface area (Å²) in [5.74, 6) is 0. The topological polar surface area (TPSA) is 70.5 Å². The molecule has 2 heterocycles. The minimum Gasteiger partial charge on any atom is -0.340 e. The van der Waals surface area contributed by atoms with Crippen LogP contribution in [0.15, 0.2) is 81.1 Å². The van der Waals surface area contributed by atoms with Crippen LogP contribution in [-0.2, 0) is 10.1 Å². The summed E-state index contributed by atoms with van der Waals surface area (Å²) in [5.41, 5.74) is 2.38. The van der Waals surface area contributed by atoms with E-state index in [1.165, 1.54) is 6.20 Å². The van der Waals surface area contributed by atoms with Gasteiger partial charge in [-0.1, -0.05) is 45.9 Å². The molecule has 0 aliphatic carbocycles. The Hall–Kier alpha value is -1.87. The third-order valence-corrected chi connectivity index (χ3v) is 7.40. The van der Waals surface area contributed by atoms with Crippen LogP contribution < -0.4 is 4.90 Å². The molecule has 5 nitrogen and oxygen atoms in total. The molecule has 0 saturated heterocycles. The van der Waals surface area contributed by atoms with E-state index in [9.17, 15) is 13.0 Å². The van der Waals surface area contributed by atoms with Crippen molar-refractivity contribution >= 4 is 49.2 Å². The zero-order valence-corrected chi connectivity index (χ0v) is 17.9. The number of hydrogen-bond donors (Lipinski definition) is 1. The molecule has 0 amide bonds. The number of halogens is 1. The molecule has 2 aromatic carbocycles. The van der Waals surface area contributed by atoms with Crippen molar-refractivity contribution in [2.45, 2.75) is 21.5 Å². The van der Waals surface area contributed by atoms with Crippen molar-refractivity contribution in [2.75, 3.05) is 11.4 Å². The summed E-state index contributed by atoms with van der Waals surface area (Å²) in [5, 5.41) is -1.08. The normalized spacial score (nSPS) is 14.3. The van der Waals surface area contributed by atoms with Gasteiger partial charge in [-0.3, -0.25) is 9.54 Å². The van der Waals surface area contributed by atoms with Crippen LogP contribution in [0, 0.1) is 0 Å². The van der Waals surface area contributed by atoms with Gasteiger partial charge in [-0.2, -0.15) is 8.42 Å². The summed E-state index contributed by atoms with van der Waals surface area (Å²) in [6.45, 7) is 0.419. The minimum atomic E-state index is -4.29. The predicted molar refractivity (Wildman–Crippen MR) is 115 cm³/mol. The van der Waals surface area contributed by atoms with E-state index in [1.807, 2.05) is 36.4 Å². The molecular weight excluding hydrogens is 460 g/mol. The van der Waals surface area contributed by atoms with Crippen molar-refractivity contribution in [1.29, 1.82) is 0 Å². The average molecular weight is 477 g/mol. The lowest BCUT2D eigenvalue weighted by molar-refractivity contribution is 0.463. The molecule has 1 N–H and O–H groups in total. The fourth-order valence-electron chi connectivity index (χ4n) is 3.31. The standard InChI is InChI=1S/C20H17BrN2O3S2/c21-14-8-9-19-17(13-14)23(16-6-1-2-7-18(16)27-19)12-10-20(28(24,25)26)15-5-3-4-11-22-15/h1-9,11,13,20H,10,12H2,(H,24,25,26). The SMILES string of the molecule is O=S(=O)(O)C(CCN1c2ccccc2Sc2ccc(Br)cc21)c1ccccn1. The highest BCUT2D eigenvalue weighted by Gasteiger charge is 2.29. The molecule has 0 fully saturated rings. The maximum absolute atomic E-state index is 12.0. The van der Waals surface area contributed by atoms with Gasteiger partial charge in [-0.15, -0.1) is 0 Å². The van der Waals surface area contributed by atoms with Gasteiger partial charge in [0, 0.05) is 27.0 Å². The van der Waals surface area contributed by atoms with E-state index in [2.05, 4.69) is 31.9 Å². The third-order valence-electron chi connectivity index (χ3n) is 4.58. The number of aromatic nitrogens is 1. The number of rotatable bonds is 5. The van der Waals surface area contributed by atoms with E-state index in [0.717, 1.165) is 25.6 Å². The highest BCUT2D eigenvalue weighted by atomic mass is 79.9. The molecule has 8 heteroatoms. The van der Waals surface area contributed by atoms with Crippen LogP contribution in [0.3, 0.4) is 0 Å². The Labute approximate surface area is 176 Å². The first kappa shape index (κ1) is 19.4. The van der Waals surface area contributed by atoms with Gasteiger partial charge in [-0.05, 0) is 48.9 Å². The van der Waals surface area contributed by atoms with Crippen LogP contribution in [0.4, 0.5) is 11.4 Å². The number of pyridine rings is 1. The molecule has 1 aromatic heterocycles. The van der Waals surface area contributed by atoms with Crippen molar-refractivity contribution in [2.24, 2.45) is 0 Å².